The van der Waals surface area contributed by atoms with E-state index in [1.165, 1.54) is 29.2 Å². The van der Waals surface area contributed by atoms with Crippen molar-refractivity contribution < 1.29 is 23.9 Å². The van der Waals surface area contributed by atoms with E-state index in [0.29, 0.717) is 18.7 Å². The number of aliphatic carboxylic acids is 1. The van der Waals surface area contributed by atoms with Crippen LogP contribution in [0, 0.1) is 23.1 Å². The summed E-state index contributed by atoms with van der Waals surface area (Å²) >= 11 is 0. The first-order valence-corrected chi connectivity index (χ1v) is 8.98. The molecule has 2 atom stereocenters. The number of amides is 2. The maximum atomic E-state index is 13.1. The van der Waals surface area contributed by atoms with Crippen LogP contribution in [-0.2, 0) is 9.59 Å². The van der Waals surface area contributed by atoms with Gasteiger partial charge in [-0.15, -0.1) is 0 Å². The number of carboxylic acids is 1. The molecule has 6 nitrogen and oxygen atoms in total. The molecule has 1 aromatic rings. The van der Waals surface area contributed by atoms with E-state index < -0.39 is 17.2 Å². The zero-order valence-corrected chi connectivity index (χ0v) is 14.4. The minimum Gasteiger partial charge on any atom is -0.481 e. The first-order valence-electron chi connectivity index (χ1n) is 8.98. The number of rotatable bonds is 3. The average Bonchev–Trinajstić information content (AvgIpc) is 3.08. The van der Waals surface area contributed by atoms with Crippen LogP contribution in [0.15, 0.2) is 24.3 Å². The van der Waals surface area contributed by atoms with E-state index in [2.05, 4.69) is 0 Å². The van der Waals surface area contributed by atoms with Crippen LogP contribution in [0.25, 0.3) is 0 Å². The molecule has 1 saturated carbocycles. The standard InChI is InChI=1S/C19H21FN2O4/c20-15-6-4-13(5-7-15)17(24)22-9-14-8-21(16(23)12-2-1-3-12)10-19(14,11-22)18(25)26/h4-7,12,14H,1-3,8-11H2,(H,25,26)/t14-,19-/m0/s1. The molecule has 7 heteroatoms. The van der Waals surface area contributed by atoms with Gasteiger partial charge in [-0.05, 0) is 37.1 Å². The lowest BCUT2D eigenvalue weighted by Gasteiger charge is -2.31. The van der Waals surface area contributed by atoms with Crippen LogP contribution >= 0.6 is 0 Å². The summed E-state index contributed by atoms with van der Waals surface area (Å²) in [7, 11) is 0. The minimum absolute atomic E-state index is 0.0385. The fourth-order valence-electron chi connectivity index (χ4n) is 4.38. The first-order chi connectivity index (χ1) is 12.4. The van der Waals surface area contributed by atoms with E-state index in [-0.39, 0.29) is 36.7 Å². The molecule has 1 N–H and O–H groups in total. The van der Waals surface area contributed by atoms with E-state index in [9.17, 15) is 23.9 Å². The number of nitrogens with zero attached hydrogens (tertiary/aromatic N) is 2. The molecule has 0 bridgehead atoms. The lowest BCUT2D eigenvalue weighted by molar-refractivity contribution is -0.149. The molecule has 0 radical (unpaired) electrons. The molecule has 4 rings (SSSR count). The lowest BCUT2D eigenvalue weighted by Crippen LogP contribution is -2.44. The Labute approximate surface area is 150 Å². The SMILES string of the molecule is O=C(c1ccc(F)cc1)N1C[C@@H]2CN(C(=O)C3CCC3)C[C@]2(C(=O)O)C1. The number of carboxylic acid groups (broad SMARTS) is 1. The number of hydrogen-bond acceptors (Lipinski definition) is 3. The topological polar surface area (TPSA) is 77.9 Å². The average molecular weight is 360 g/mol. The molecule has 1 aromatic carbocycles. The molecular weight excluding hydrogens is 339 g/mol. The Kier molecular flexibility index (Phi) is 3.97. The number of halogens is 1. The predicted octanol–water partition coefficient (Wildman–Crippen LogP) is 1.61. The Bertz CT molecular complexity index is 761. The summed E-state index contributed by atoms with van der Waals surface area (Å²) in [6.45, 7) is 0.930. The molecule has 138 valence electrons. The molecule has 1 aliphatic carbocycles. The van der Waals surface area contributed by atoms with Gasteiger partial charge in [0.2, 0.25) is 5.91 Å². The second-order valence-corrected chi connectivity index (χ2v) is 7.70. The number of benzene rings is 1. The Balaban J connectivity index is 1.51. The molecule has 0 unspecified atom stereocenters. The number of likely N-dealkylation sites (tertiary alicyclic amines) is 2. The molecule has 0 spiro atoms. The smallest absolute Gasteiger partial charge is 0.313 e. The number of carbonyl (C=O) groups excluding carboxylic acids is 2. The van der Waals surface area contributed by atoms with E-state index in [1.807, 2.05) is 0 Å². The summed E-state index contributed by atoms with van der Waals surface area (Å²) in [5.74, 6) is -1.85. The Morgan fingerprint density at radius 2 is 1.65 bits per heavy atom. The van der Waals surface area contributed by atoms with Crippen molar-refractivity contribution in [2.24, 2.45) is 17.3 Å². The number of carbonyl (C=O) groups is 3. The maximum Gasteiger partial charge on any atom is 0.313 e. The largest absolute Gasteiger partial charge is 0.481 e. The Morgan fingerprint density at radius 3 is 2.19 bits per heavy atom. The lowest BCUT2D eigenvalue weighted by atomic mass is 9.81. The summed E-state index contributed by atoms with van der Waals surface area (Å²) in [5, 5.41) is 9.86. The fraction of sp³-hybridized carbons (Fsp3) is 0.526. The van der Waals surface area contributed by atoms with Crippen LogP contribution < -0.4 is 0 Å². The molecule has 3 fully saturated rings. The van der Waals surface area contributed by atoms with E-state index >= 15 is 0 Å². The van der Waals surface area contributed by atoms with Gasteiger partial charge in [-0.2, -0.15) is 0 Å². The van der Waals surface area contributed by atoms with Crippen LogP contribution in [-0.4, -0.2) is 58.9 Å². The summed E-state index contributed by atoms with van der Waals surface area (Å²) in [6, 6.07) is 5.25. The summed E-state index contributed by atoms with van der Waals surface area (Å²) in [6.07, 6.45) is 2.82. The normalized spacial score (nSPS) is 28.0. The van der Waals surface area contributed by atoms with Gasteiger partial charge in [-0.1, -0.05) is 6.42 Å². The van der Waals surface area contributed by atoms with Crippen molar-refractivity contribution in [1.29, 1.82) is 0 Å². The fourth-order valence-corrected chi connectivity index (χ4v) is 4.38. The van der Waals surface area contributed by atoms with Crippen molar-refractivity contribution in [3.8, 4) is 0 Å². The molecule has 2 aliphatic heterocycles. The van der Waals surface area contributed by atoms with Crippen LogP contribution in [0.1, 0.15) is 29.6 Å². The first kappa shape index (κ1) is 17.0. The van der Waals surface area contributed by atoms with Crippen molar-refractivity contribution in [3.63, 3.8) is 0 Å². The van der Waals surface area contributed by atoms with E-state index in [4.69, 9.17) is 0 Å². The molecule has 2 saturated heterocycles. The summed E-state index contributed by atoms with van der Waals surface area (Å²) in [4.78, 5) is 40.4. The Morgan fingerprint density at radius 1 is 1.04 bits per heavy atom. The van der Waals surface area contributed by atoms with Gasteiger partial charge >= 0.3 is 5.97 Å². The molecule has 2 heterocycles. The zero-order chi connectivity index (χ0) is 18.5. The van der Waals surface area contributed by atoms with Crippen LogP contribution in [0.5, 0.6) is 0 Å². The van der Waals surface area contributed by atoms with Crippen LogP contribution in [0.3, 0.4) is 0 Å². The molecule has 2 amide bonds. The van der Waals surface area contributed by atoms with Gasteiger partial charge in [-0.25, -0.2) is 4.39 Å². The number of fused-ring (bicyclic) bond motifs is 1. The molecule has 26 heavy (non-hydrogen) atoms. The Hall–Kier alpha value is -2.44. The second kappa shape index (κ2) is 6.07. The van der Waals surface area contributed by atoms with Gasteiger partial charge in [0.1, 0.15) is 11.2 Å². The number of hydrogen-bond donors (Lipinski definition) is 1. The minimum atomic E-state index is -1.10. The molecular formula is C19H21FN2O4. The highest BCUT2D eigenvalue weighted by atomic mass is 19.1. The molecule has 3 aliphatic rings. The third-order valence-corrected chi connectivity index (χ3v) is 6.18. The van der Waals surface area contributed by atoms with Crippen molar-refractivity contribution in [2.45, 2.75) is 19.3 Å². The second-order valence-electron chi connectivity index (χ2n) is 7.70. The highest BCUT2D eigenvalue weighted by molar-refractivity contribution is 5.95. The van der Waals surface area contributed by atoms with Gasteiger partial charge in [0, 0.05) is 43.6 Å². The summed E-state index contributed by atoms with van der Waals surface area (Å²) < 4.78 is 13.1. The van der Waals surface area contributed by atoms with Gasteiger partial charge in [0.05, 0.1) is 0 Å². The van der Waals surface area contributed by atoms with Crippen molar-refractivity contribution in [1.82, 2.24) is 9.80 Å². The zero-order valence-electron chi connectivity index (χ0n) is 14.4. The van der Waals surface area contributed by atoms with Gasteiger partial charge in [0.25, 0.3) is 5.91 Å². The van der Waals surface area contributed by atoms with Crippen LogP contribution in [0.2, 0.25) is 0 Å². The van der Waals surface area contributed by atoms with Crippen LogP contribution in [0.4, 0.5) is 4.39 Å². The van der Waals surface area contributed by atoms with Crippen molar-refractivity contribution >= 4 is 17.8 Å². The highest BCUT2D eigenvalue weighted by Gasteiger charge is 2.59. The highest BCUT2D eigenvalue weighted by Crippen LogP contribution is 2.44. The molecule has 0 aromatic heterocycles. The van der Waals surface area contributed by atoms with E-state index in [0.717, 1.165) is 19.3 Å². The van der Waals surface area contributed by atoms with Crippen molar-refractivity contribution in [2.75, 3.05) is 26.2 Å². The summed E-state index contributed by atoms with van der Waals surface area (Å²) in [5.41, 5.74) is -0.760. The van der Waals surface area contributed by atoms with Gasteiger partial charge in [-0.3, -0.25) is 14.4 Å². The predicted molar refractivity (Wildman–Crippen MR) is 89.8 cm³/mol. The van der Waals surface area contributed by atoms with Gasteiger partial charge < -0.3 is 14.9 Å². The van der Waals surface area contributed by atoms with Crippen molar-refractivity contribution in [3.05, 3.63) is 35.6 Å². The monoisotopic (exact) mass is 360 g/mol. The van der Waals surface area contributed by atoms with E-state index in [1.54, 1.807) is 4.90 Å². The quantitative estimate of drug-likeness (QED) is 0.888. The van der Waals surface area contributed by atoms with Gasteiger partial charge in [0.15, 0.2) is 0 Å². The third kappa shape index (κ3) is 2.57. The third-order valence-electron chi connectivity index (χ3n) is 6.18. The maximum absolute atomic E-state index is 13.1.